The summed E-state index contributed by atoms with van der Waals surface area (Å²) in [6, 6.07) is 0.833. The van der Waals surface area contributed by atoms with E-state index in [9.17, 15) is 0 Å². The number of hydrogen-bond acceptors (Lipinski definition) is 4. The van der Waals surface area contributed by atoms with Crippen LogP contribution in [0.3, 0.4) is 0 Å². The monoisotopic (exact) mass is 343 g/mol. The molecule has 2 rings (SSSR count). The predicted molar refractivity (Wildman–Crippen MR) is 96.3 cm³/mol. The summed E-state index contributed by atoms with van der Waals surface area (Å²) in [5.41, 5.74) is 7.11. The Morgan fingerprint density at radius 2 is 1.17 bits per heavy atom. The molecule has 136 valence electrons. The molecule has 0 atom stereocenters. The van der Waals surface area contributed by atoms with Crippen molar-refractivity contribution in [1.29, 1.82) is 0 Å². The molecule has 5 heteroatoms. The molecule has 23 heavy (non-hydrogen) atoms. The highest BCUT2D eigenvalue weighted by Crippen LogP contribution is 2.44. The van der Waals surface area contributed by atoms with Gasteiger partial charge in [0.15, 0.2) is 0 Å². The molecule has 0 spiro atoms. The Kier molecular flexibility index (Phi) is 7.54. The van der Waals surface area contributed by atoms with Crippen LogP contribution in [-0.2, 0) is 13.3 Å². The first-order valence-electron chi connectivity index (χ1n) is 9.54. The van der Waals surface area contributed by atoms with Crippen LogP contribution >= 0.6 is 0 Å². The first-order chi connectivity index (χ1) is 11.1. The predicted octanol–water partition coefficient (Wildman–Crippen LogP) is 4.11. The van der Waals surface area contributed by atoms with Crippen LogP contribution in [0.4, 0.5) is 0 Å². The molecule has 0 heterocycles. The molecule has 0 aromatic rings. The third kappa shape index (κ3) is 4.57. The van der Waals surface area contributed by atoms with E-state index >= 15 is 0 Å². The number of nitrogens with two attached hydrogens (primary N) is 1. The highest BCUT2D eigenvalue weighted by molar-refractivity contribution is 6.60. The minimum Gasteiger partial charge on any atom is -0.377 e. The largest absolute Gasteiger partial charge is 0.500 e. The standard InChI is InChI=1S/C18H37NO3Si/c1-20-23(21-2,22-3)15-14-18(19,16-10-6-4-7-11-16)17-12-8-5-9-13-17/h16-17H,4-15,19H2,1-3H3. The van der Waals surface area contributed by atoms with E-state index in [1.807, 2.05) is 0 Å². The average molecular weight is 344 g/mol. The summed E-state index contributed by atoms with van der Waals surface area (Å²) < 4.78 is 16.9. The van der Waals surface area contributed by atoms with E-state index in [0.717, 1.165) is 12.5 Å². The summed E-state index contributed by atoms with van der Waals surface area (Å²) in [5, 5.41) is 0. The van der Waals surface area contributed by atoms with Crippen LogP contribution in [0.5, 0.6) is 0 Å². The van der Waals surface area contributed by atoms with Gasteiger partial charge in [-0.1, -0.05) is 38.5 Å². The van der Waals surface area contributed by atoms with Crippen LogP contribution in [0.1, 0.15) is 70.6 Å². The lowest BCUT2D eigenvalue weighted by Crippen LogP contribution is -2.56. The lowest BCUT2D eigenvalue weighted by Gasteiger charge is -2.47. The van der Waals surface area contributed by atoms with Crippen molar-refractivity contribution in [3.8, 4) is 0 Å². The fourth-order valence-electron chi connectivity index (χ4n) is 4.95. The summed E-state index contributed by atoms with van der Waals surface area (Å²) in [4.78, 5) is 0. The van der Waals surface area contributed by atoms with Gasteiger partial charge in [0.2, 0.25) is 0 Å². The summed E-state index contributed by atoms with van der Waals surface area (Å²) in [6.07, 6.45) is 14.3. The fourth-order valence-corrected chi connectivity index (χ4v) is 6.80. The Labute approximate surface area is 143 Å². The number of hydrogen-bond donors (Lipinski definition) is 1. The van der Waals surface area contributed by atoms with Gasteiger partial charge in [-0.25, -0.2) is 0 Å². The van der Waals surface area contributed by atoms with Crippen LogP contribution in [-0.4, -0.2) is 35.7 Å². The summed E-state index contributed by atoms with van der Waals surface area (Å²) >= 11 is 0. The minimum absolute atomic E-state index is 0.0608. The summed E-state index contributed by atoms with van der Waals surface area (Å²) in [6.45, 7) is 0. The minimum atomic E-state index is -2.53. The van der Waals surface area contributed by atoms with Crippen molar-refractivity contribution < 1.29 is 13.3 Å². The summed E-state index contributed by atoms with van der Waals surface area (Å²) in [5.74, 6) is 1.33. The third-order valence-electron chi connectivity index (χ3n) is 6.53. The van der Waals surface area contributed by atoms with Crippen molar-refractivity contribution in [2.45, 2.75) is 82.2 Å². The highest BCUT2D eigenvalue weighted by Gasteiger charge is 2.46. The molecule has 0 saturated heterocycles. The molecule has 0 aromatic carbocycles. The van der Waals surface area contributed by atoms with E-state index in [-0.39, 0.29) is 5.54 Å². The van der Waals surface area contributed by atoms with Gasteiger partial charge < -0.3 is 19.0 Å². The molecule has 0 unspecified atom stereocenters. The molecule has 0 bridgehead atoms. The smallest absolute Gasteiger partial charge is 0.377 e. The van der Waals surface area contributed by atoms with Gasteiger partial charge in [0.05, 0.1) is 0 Å². The normalized spacial score (nSPS) is 22.4. The van der Waals surface area contributed by atoms with Gasteiger partial charge in [0, 0.05) is 32.9 Å². The Bertz CT molecular complexity index is 311. The second-order valence-electron chi connectivity index (χ2n) is 7.58. The third-order valence-corrected chi connectivity index (χ3v) is 9.26. The topological polar surface area (TPSA) is 53.7 Å². The maximum absolute atomic E-state index is 7.17. The van der Waals surface area contributed by atoms with Crippen molar-refractivity contribution in [1.82, 2.24) is 0 Å². The van der Waals surface area contributed by atoms with Crippen LogP contribution in [0.2, 0.25) is 6.04 Å². The molecule has 2 aliphatic carbocycles. The Morgan fingerprint density at radius 1 is 0.783 bits per heavy atom. The quantitative estimate of drug-likeness (QED) is 0.674. The average Bonchev–Trinajstić information content (AvgIpc) is 2.64. The molecule has 0 aromatic heterocycles. The van der Waals surface area contributed by atoms with Crippen LogP contribution in [0.25, 0.3) is 0 Å². The zero-order valence-corrected chi connectivity index (χ0v) is 16.4. The maximum Gasteiger partial charge on any atom is 0.500 e. The lowest BCUT2D eigenvalue weighted by molar-refractivity contribution is 0.0837. The van der Waals surface area contributed by atoms with Crippen molar-refractivity contribution in [3.63, 3.8) is 0 Å². The van der Waals surface area contributed by atoms with Crippen LogP contribution in [0.15, 0.2) is 0 Å². The van der Waals surface area contributed by atoms with Crippen molar-refractivity contribution in [2.75, 3.05) is 21.3 Å². The van der Waals surface area contributed by atoms with Crippen molar-refractivity contribution in [2.24, 2.45) is 17.6 Å². The van der Waals surface area contributed by atoms with Gasteiger partial charge in [0.1, 0.15) is 0 Å². The van der Waals surface area contributed by atoms with Gasteiger partial charge in [0.25, 0.3) is 0 Å². The van der Waals surface area contributed by atoms with E-state index in [1.54, 1.807) is 21.3 Å². The Balaban J connectivity index is 2.11. The Hall–Kier alpha value is 0.0569. The van der Waals surface area contributed by atoms with Crippen LogP contribution < -0.4 is 5.73 Å². The van der Waals surface area contributed by atoms with Crippen molar-refractivity contribution in [3.05, 3.63) is 0 Å². The van der Waals surface area contributed by atoms with Gasteiger partial charge in [-0.2, -0.15) is 0 Å². The molecule has 2 fully saturated rings. The molecular formula is C18H37NO3Si. The Morgan fingerprint density at radius 3 is 1.52 bits per heavy atom. The molecule has 2 saturated carbocycles. The first kappa shape index (κ1) is 19.4. The zero-order chi connectivity index (χ0) is 16.8. The van der Waals surface area contributed by atoms with Gasteiger partial charge >= 0.3 is 8.80 Å². The van der Waals surface area contributed by atoms with Gasteiger partial charge in [-0.3, -0.25) is 0 Å². The van der Waals surface area contributed by atoms with Crippen LogP contribution in [0, 0.1) is 11.8 Å². The van der Waals surface area contributed by atoms with E-state index < -0.39 is 8.80 Å². The van der Waals surface area contributed by atoms with Crippen molar-refractivity contribution >= 4 is 8.80 Å². The van der Waals surface area contributed by atoms with Gasteiger partial charge in [-0.05, 0) is 43.9 Å². The van der Waals surface area contributed by atoms with E-state index in [2.05, 4.69) is 0 Å². The highest BCUT2D eigenvalue weighted by atomic mass is 28.4. The second-order valence-corrected chi connectivity index (χ2v) is 10.7. The van der Waals surface area contributed by atoms with E-state index in [0.29, 0.717) is 11.8 Å². The maximum atomic E-state index is 7.17. The molecule has 2 N–H and O–H groups in total. The lowest BCUT2D eigenvalue weighted by atomic mass is 9.63. The molecule has 4 nitrogen and oxygen atoms in total. The molecule has 0 amide bonds. The first-order valence-corrected chi connectivity index (χ1v) is 11.5. The second kappa shape index (κ2) is 8.95. The molecular weight excluding hydrogens is 306 g/mol. The zero-order valence-electron chi connectivity index (χ0n) is 15.4. The van der Waals surface area contributed by atoms with E-state index in [4.69, 9.17) is 19.0 Å². The van der Waals surface area contributed by atoms with E-state index in [1.165, 1.54) is 64.2 Å². The molecule has 0 aliphatic heterocycles. The molecule has 0 radical (unpaired) electrons. The fraction of sp³-hybridized carbons (Fsp3) is 1.00. The SMILES string of the molecule is CO[Si](CCC(N)(C1CCCCC1)C1CCCCC1)(OC)OC. The molecule has 2 aliphatic rings. The summed E-state index contributed by atoms with van der Waals surface area (Å²) in [7, 11) is 2.59. The number of rotatable bonds is 8. The van der Waals surface area contributed by atoms with Gasteiger partial charge in [-0.15, -0.1) is 0 Å².